The highest BCUT2D eigenvalue weighted by molar-refractivity contribution is 6.35. The minimum atomic E-state index is -0.477. The number of hydrazone groups is 1. The average Bonchev–Trinajstić information content (AvgIpc) is 3.16. The summed E-state index contributed by atoms with van der Waals surface area (Å²) >= 11 is 12.4. The fourth-order valence-electron chi connectivity index (χ4n) is 3.36. The maximum Gasteiger partial charge on any atom is 0.332 e. The van der Waals surface area contributed by atoms with Crippen molar-refractivity contribution in [2.45, 2.75) is 6.54 Å². The predicted molar refractivity (Wildman–Crippen MR) is 130 cm³/mol. The Balaban J connectivity index is 1.80. The van der Waals surface area contributed by atoms with E-state index in [2.05, 4.69) is 15.5 Å². The van der Waals surface area contributed by atoms with Crippen LogP contribution < -0.4 is 21.4 Å². The maximum atomic E-state index is 13.0. The highest BCUT2D eigenvalue weighted by Crippen LogP contribution is 2.25. The first-order valence-corrected chi connectivity index (χ1v) is 10.6. The van der Waals surface area contributed by atoms with Crippen LogP contribution in [-0.2, 0) is 20.6 Å². The van der Waals surface area contributed by atoms with E-state index in [9.17, 15) is 9.59 Å². The zero-order valence-corrected chi connectivity index (χ0v) is 19.6. The Kier molecular flexibility index (Phi) is 6.26. The van der Waals surface area contributed by atoms with E-state index in [1.807, 2.05) is 24.3 Å². The number of benzene rings is 2. The number of halogens is 2. The van der Waals surface area contributed by atoms with Crippen LogP contribution in [-0.4, -0.2) is 32.0 Å². The highest BCUT2D eigenvalue weighted by Gasteiger charge is 2.20. The van der Waals surface area contributed by atoms with Gasteiger partial charge in [-0.1, -0.05) is 29.3 Å². The van der Waals surface area contributed by atoms with E-state index in [4.69, 9.17) is 27.9 Å². The fraction of sp³-hybridized carbons (Fsp3) is 0.182. The molecule has 4 rings (SSSR count). The zero-order valence-electron chi connectivity index (χ0n) is 18.0. The van der Waals surface area contributed by atoms with E-state index >= 15 is 0 Å². The van der Waals surface area contributed by atoms with Crippen LogP contribution in [0.3, 0.4) is 0 Å². The molecule has 0 fully saturated rings. The summed E-state index contributed by atoms with van der Waals surface area (Å²) in [5.74, 6) is 1.01. The van der Waals surface area contributed by atoms with Gasteiger partial charge in [0.05, 0.1) is 19.9 Å². The Morgan fingerprint density at radius 1 is 1.09 bits per heavy atom. The predicted octanol–water partition coefficient (Wildman–Crippen LogP) is 3.24. The van der Waals surface area contributed by atoms with Gasteiger partial charge < -0.3 is 4.74 Å². The molecule has 0 aliphatic rings. The van der Waals surface area contributed by atoms with E-state index in [1.165, 1.54) is 11.6 Å². The van der Waals surface area contributed by atoms with Crippen LogP contribution in [0.25, 0.3) is 11.2 Å². The molecule has 0 saturated carbocycles. The van der Waals surface area contributed by atoms with Gasteiger partial charge in [-0.3, -0.25) is 18.5 Å². The second-order valence-corrected chi connectivity index (χ2v) is 8.12. The Hall–Kier alpha value is -3.56. The van der Waals surface area contributed by atoms with Gasteiger partial charge in [-0.2, -0.15) is 10.1 Å². The molecule has 33 heavy (non-hydrogen) atoms. The lowest BCUT2D eigenvalue weighted by atomic mass is 10.2. The van der Waals surface area contributed by atoms with Crippen LogP contribution in [0.5, 0.6) is 5.75 Å². The molecule has 0 unspecified atom stereocenters. The number of anilines is 1. The number of imidazole rings is 1. The molecule has 2 aromatic carbocycles. The third-order valence-electron chi connectivity index (χ3n) is 5.19. The number of ether oxygens (including phenoxy) is 1. The third kappa shape index (κ3) is 4.37. The van der Waals surface area contributed by atoms with Gasteiger partial charge in [0.25, 0.3) is 5.56 Å². The summed E-state index contributed by atoms with van der Waals surface area (Å²) in [4.78, 5) is 29.9. The Labute approximate surface area is 198 Å². The molecule has 170 valence electrons. The van der Waals surface area contributed by atoms with Gasteiger partial charge in [0.2, 0.25) is 5.95 Å². The molecular formula is C22H20Cl2N6O3. The molecule has 0 atom stereocenters. The first-order valence-electron chi connectivity index (χ1n) is 9.83. The monoisotopic (exact) mass is 486 g/mol. The Bertz CT molecular complexity index is 1490. The minimum absolute atomic E-state index is 0.209. The number of methoxy groups -OCH3 is 1. The molecule has 2 heterocycles. The Morgan fingerprint density at radius 3 is 2.48 bits per heavy atom. The molecule has 1 N–H and O–H groups in total. The molecule has 0 bridgehead atoms. The first kappa shape index (κ1) is 22.6. The van der Waals surface area contributed by atoms with Gasteiger partial charge in [-0.05, 0) is 47.5 Å². The molecule has 0 spiro atoms. The number of fused-ring (bicyclic) bond motifs is 1. The van der Waals surface area contributed by atoms with E-state index in [0.717, 1.165) is 21.4 Å². The van der Waals surface area contributed by atoms with Gasteiger partial charge in [-0.15, -0.1) is 0 Å². The van der Waals surface area contributed by atoms with Crippen LogP contribution in [0.4, 0.5) is 5.95 Å². The molecule has 0 saturated heterocycles. The molecule has 9 nitrogen and oxygen atoms in total. The SMILES string of the molecule is COc1ccc(C=NNc2nc3c(c(=O)n(C)c(=O)n3C)n2Cc2ccc(Cl)cc2Cl)cc1. The van der Waals surface area contributed by atoms with Crippen molar-refractivity contribution in [2.75, 3.05) is 12.5 Å². The van der Waals surface area contributed by atoms with Crippen LogP contribution in [0, 0.1) is 0 Å². The number of aryl methyl sites for hydroxylation is 1. The maximum absolute atomic E-state index is 13.0. The lowest BCUT2D eigenvalue weighted by molar-refractivity contribution is 0.415. The third-order valence-corrected chi connectivity index (χ3v) is 5.77. The van der Waals surface area contributed by atoms with Crippen molar-refractivity contribution in [3.05, 3.63) is 84.5 Å². The van der Waals surface area contributed by atoms with Crippen LogP contribution in [0.15, 0.2) is 57.2 Å². The van der Waals surface area contributed by atoms with Crippen molar-refractivity contribution in [3.8, 4) is 5.75 Å². The second kappa shape index (κ2) is 9.13. The topological polar surface area (TPSA) is 95.4 Å². The number of rotatable bonds is 6. The molecule has 0 amide bonds. The van der Waals surface area contributed by atoms with E-state index < -0.39 is 11.2 Å². The van der Waals surface area contributed by atoms with Gasteiger partial charge >= 0.3 is 5.69 Å². The summed E-state index contributed by atoms with van der Waals surface area (Å²) in [7, 11) is 4.58. The first-order chi connectivity index (χ1) is 15.8. The molecule has 2 aromatic heterocycles. The molecule has 0 aliphatic carbocycles. The quantitative estimate of drug-likeness (QED) is 0.333. The van der Waals surface area contributed by atoms with Crippen molar-refractivity contribution in [2.24, 2.45) is 19.2 Å². The van der Waals surface area contributed by atoms with Crippen molar-refractivity contribution in [1.29, 1.82) is 0 Å². The van der Waals surface area contributed by atoms with Crippen molar-refractivity contribution in [1.82, 2.24) is 18.7 Å². The normalized spacial score (nSPS) is 11.4. The summed E-state index contributed by atoms with van der Waals surface area (Å²) in [5, 5.41) is 5.20. The van der Waals surface area contributed by atoms with Gasteiger partial charge in [0, 0.05) is 24.1 Å². The molecular weight excluding hydrogens is 467 g/mol. The smallest absolute Gasteiger partial charge is 0.332 e. The van der Waals surface area contributed by atoms with Crippen LogP contribution in [0.1, 0.15) is 11.1 Å². The lowest BCUT2D eigenvalue weighted by Gasteiger charge is -2.11. The van der Waals surface area contributed by atoms with Gasteiger partial charge in [0.1, 0.15) is 5.75 Å². The number of nitrogens with zero attached hydrogens (tertiary/aromatic N) is 5. The molecule has 0 aliphatic heterocycles. The largest absolute Gasteiger partial charge is 0.497 e. The summed E-state index contributed by atoms with van der Waals surface area (Å²) in [5.41, 5.74) is 3.96. The van der Waals surface area contributed by atoms with Crippen molar-refractivity contribution < 1.29 is 4.74 Å². The summed E-state index contributed by atoms with van der Waals surface area (Å²) in [6, 6.07) is 12.4. The van der Waals surface area contributed by atoms with Crippen molar-refractivity contribution >= 4 is 46.5 Å². The lowest BCUT2D eigenvalue weighted by Crippen LogP contribution is -2.37. The fourth-order valence-corrected chi connectivity index (χ4v) is 3.83. The zero-order chi connectivity index (χ0) is 23.7. The number of nitrogens with one attached hydrogen (secondary N) is 1. The summed E-state index contributed by atoms with van der Waals surface area (Å²) < 4.78 is 9.14. The van der Waals surface area contributed by atoms with Crippen molar-refractivity contribution in [3.63, 3.8) is 0 Å². The summed E-state index contributed by atoms with van der Waals surface area (Å²) in [6.07, 6.45) is 1.61. The summed E-state index contributed by atoms with van der Waals surface area (Å²) in [6.45, 7) is 0.209. The van der Waals surface area contributed by atoms with Crippen LogP contribution >= 0.6 is 23.2 Å². The Morgan fingerprint density at radius 2 is 1.82 bits per heavy atom. The number of aromatic nitrogens is 4. The average molecular weight is 487 g/mol. The van der Waals surface area contributed by atoms with E-state index in [1.54, 1.807) is 43.1 Å². The molecule has 0 radical (unpaired) electrons. The van der Waals surface area contributed by atoms with Gasteiger partial charge in [0.15, 0.2) is 11.2 Å². The van der Waals surface area contributed by atoms with E-state index in [-0.39, 0.29) is 23.7 Å². The van der Waals surface area contributed by atoms with E-state index in [0.29, 0.717) is 10.0 Å². The molecule has 4 aromatic rings. The molecule has 11 heteroatoms. The van der Waals surface area contributed by atoms with Gasteiger partial charge in [-0.25, -0.2) is 10.2 Å². The number of hydrogen-bond acceptors (Lipinski definition) is 6. The number of hydrogen-bond donors (Lipinski definition) is 1. The minimum Gasteiger partial charge on any atom is -0.497 e. The standard InChI is InChI=1S/C22H20Cl2N6O3/c1-28-19-18(20(31)29(2)22(28)32)30(12-14-6-7-15(23)10-17(14)24)21(26-19)27-25-11-13-4-8-16(33-3)9-5-13/h4-11H,12H2,1-3H3,(H,26,27). The second-order valence-electron chi connectivity index (χ2n) is 7.28. The van der Waals surface area contributed by atoms with Crippen LogP contribution in [0.2, 0.25) is 10.0 Å². The highest BCUT2D eigenvalue weighted by atomic mass is 35.5.